The highest BCUT2D eigenvalue weighted by molar-refractivity contribution is 8.00. The van der Waals surface area contributed by atoms with E-state index in [-0.39, 0.29) is 94.8 Å². The van der Waals surface area contributed by atoms with E-state index in [1.807, 2.05) is 13.8 Å². The molecule has 3 aliphatic heterocycles. The van der Waals surface area contributed by atoms with Crippen LogP contribution >= 0.6 is 11.8 Å². The minimum Gasteiger partial charge on any atom is -0.508 e. The molecular formula is C95H133N23O21S. The molecule has 6 aromatic rings. The van der Waals surface area contributed by atoms with Crippen molar-refractivity contribution in [3.8, 4) is 5.75 Å². The van der Waals surface area contributed by atoms with E-state index < -0.39 is 254 Å². The number of anilines is 1. The number of phenolic OH excluding ortho intramolecular Hbond substituents is 1. The summed E-state index contributed by atoms with van der Waals surface area (Å²) in [5.74, 6) is -18.8. The Morgan fingerprint density at radius 1 is 0.571 bits per heavy atom. The van der Waals surface area contributed by atoms with Crippen LogP contribution < -0.4 is 75.7 Å². The number of para-hydroxylation sites is 2. The van der Waals surface area contributed by atoms with Crippen molar-refractivity contribution >= 4 is 146 Å². The molecule has 0 spiro atoms. The molecule has 760 valence electrons. The number of benzene rings is 3. The minimum atomic E-state index is -1.79. The highest BCUT2D eigenvalue weighted by atomic mass is 32.2. The lowest BCUT2D eigenvalue weighted by Crippen LogP contribution is -2.61. The molecule has 3 aliphatic rings. The van der Waals surface area contributed by atoms with Crippen LogP contribution in [0.5, 0.6) is 5.75 Å². The molecule has 6 heterocycles. The molecule has 0 radical (unpaired) electrons. The van der Waals surface area contributed by atoms with Crippen molar-refractivity contribution in [2.45, 2.75) is 248 Å². The van der Waals surface area contributed by atoms with Gasteiger partial charge in [-0.05, 0) is 111 Å². The Morgan fingerprint density at radius 2 is 1.14 bits per heavy atom. The van der Waals surface area contributed by atoms with Gasteiger partial charge < -0.3 is 125 Å². The number of hydrogen-bond donors (Lipinski definition) is 18. The number of aromatic hydroxyl groups is 1. The van der Waals surface area contributed by atoms with E-state index in [1.165, 1.54) is 81.7 Å². The van der Waals surface area contributed by atoms with Crippen LogP contribution in [-0.2, 0) is 112 Å². The number of aliphatic carboxylic acids is 1. The summed E-state index contributed by atoms with van der Waals surface area (Å²) in [6.45, 7) is 9.37. The van der Waals surface area contributed by atoms with Crippen molar-refractivity contribution in [1.29, 1.82) is 0 Å². The van der Waals surface area contributed by atoms with Gasteiger partial charge >= 0.3 is 5.97 Å². The zero-order valence-electron chi connectivity index (χ0n) is 80.5. The maximum absolute atomic E-state index is 16.0. The molecule has 9 rings (SSSR count). The molecule has 15 atom stereocenters. The number of aromatic amines is 1. The number of fused-ring (bicyclic) bond motifs is 4. The number of phenols is 1. The van der Waals surface area contributed by atoms with Crippen LogP contribution in [0.25, 0.3) is 21.8 Å². The van der Waals surface area contributed by atoms with Crippen molar-refractivity contribution in [2.24, 2.45) is 29.0 Å². The molecule has 0 saturated carbocycles. The van der Waals surface area contributed by atoms with Crippen molar-refractivity contribution in [3.63, 3.8) is 0 Å². The molecule has 0 bridgehead atoms. The van der Waals surface area contributed by atoms with Crippen LogP contribution in [0.4, 0.5) is 5.82 Å². The summed E-state index contributed by atoms with van der Waals surface area (Å²) in [6.07, 6.45) is 4.83. The maximum Gasteiger partial charge on any atom is 0.323 e. The number of aliphatic hydroxyl groups is 1. The Kier molecular flexibility index (Phi) is 41.0. The third-order valence-electron chi connectivity index (χ3n) is 24.9. The number of rotatable bonds is 28. The number of thioether (sulfide) groups is 1. The van der Waals surface area contributed by atoms with E-state index in [9.17, 15) is 63.3 Å². The molecule has 21 N–H and O–H groups in total. The predicted molar refractivity (Wildman–Crippen MR) is 516 cm³/mol. The topological polar surface area (TPSA) is 641 Å². The lowest BCUT2D eigenvalue weighted by Gasteiger charge is -2.36. The zero-order valence-corrected chi connectivity index (χ0v) is 81.3. The van der Waals surface area contributed by atoms with E-state index in [0.717, 1.165) is 36.3 Å². The number of primary amides is 2. The minimum absolute atomic E-state index is 0.00124. The van der Waals surface area contributed by atoms with Gasteiger partial charge in [-0.1, -0.05) is 116 Å². The first-order valence-electron chi connectivity index (χ1n) is 47.1. The number of hydrogen-bond acceptors (Lipinski definition) is 25. The quantitative estimate of drug-likeness (QED) is 0.0272. The Labute approximate surface area is 814 Å². The van der Waals surface area contributed by atoms with Crippen molar-refractivity contribution in [3.05, 3.63) is 120 Å². The Hall–Kier alpha value is -13.9. The first-order valence-corrected chi connectivity index (χ1v) is 48.3. The number of carboxylic acids is 1. The largest absolute Gasteiger partial charge is 0.508 e. The number of unbranched alkanes of at least 4 members (excludes halogenated alkanes) is 2. The smallest absolute Gasteiger partial charge is 0.323 e. The van der Waals surface area contributed by atoms with Gasteiger partial charge in [-0.15, -0.1) is 11.8 Å². The van der Waals surface area contributed by atoms with Gasteiger partial charge in [0.25, 0.3) is 0 Å². The highest BCUT2D eigenvalue weighted by Crippen LogP contribution is 2.29. The molecule has 3 aromatic heterocycles. The van der Waals surface area contributed by atoms with Gasteiger partial charge in [-0.25, -0.2) is 4.98 Å². The molecule has 3 saturated heterocycles. The van der Waals surface area contributed by atoms with Crippen molar-refractivity contribution in [2.75, 3.05) is 70.7 Å². The number of aliphatic hydroxyl groups excluding tert-OH is 1. The van der Waals surface area contributed by atoms with Gasteiger partial charge in [0.1, 0.15) is 103 Å². The van der Waals surface area contributed by atoms with E-state index in [1.54, 1.807) is 82.4 Å². The zero-order chi connectivity index (χ0) is 102. The summed E-state index contributed by atoms with van der Waals surface area (Å²) in [4.78, 5) is 282. The lowest BCUT2D eigenvalue weighted by molar-refractivity contribution is -0.149. The van der Waals surface area contributed by atoms with Crippen LogP contribution in [0.3, 0.4) is 0 Å². The Morgan fingerprint density at radius 3 is 1.80 bits per heavy atom. The number of aromatic nitrogens is 4. The SMILES string of the molecule is CCCC[C@H]1C(=O)N(C)[C@@H](CCCC)C(=O)N[C@@H](CC(C)C)C(=O)N[C@H](C(=O)NCC(N)=O)CSCC(=O)N[C@@H](Cc2ccc(O)cc2)C(=O)N(C)[C@@H](C)C(=O)N[C@@H](CC(N)=O)C(=O)N2CCC[C@H]2C(=O)N[C@@H](CNc2cnccn2)C(=O)N[C@@H](CC(C)C)C(=O)N2C[C@H](O)C[C@H]2C(=O)N[C@@H](Cc2c[nH]c3ccccc23)C(=O)N[C@@H](CCN)C(=O)N[C@@H](Cc2cn(CC(=O)O)c3ccccc23)C(=O)N1C. The van der Waals surface area contributed by atoms with Crippen LogP contribution in [0.1, 0.15) is 149 Å². The van der Waals surface area contributed by atoms with E-state index in [2.05, 4.69) is 73.4 Å². The van der Waals surface area contributed by atoms with Crippen LogP contribution in [0.15, 0.2) is 104 Å². The number of nitrogens with one attached hydrogen (secondary N) is 12. The van der Waals surface area contributed by atoms with Gasteiger partial charge in [0.2, 0.25) is 100 Å². The van der Waals surface area contributed by atoms with Gasteiger partial charge in [-0.3, -0.25) is 91.3 Å². The summed E-state index contributed by atoms with van der Waals surface area (Å²) in [6, 6.07) is -2.37. The molecular weight excluding hydrogens is 1830 g/mol. The number of H-pyrrole nitrogens is 1. The number of carbonyl (C=O) groups excluding carboxylic acids is 17. The highest BCUT2D eigenvalue weighted by Gasteiger charge is 2.47. The monoisotopic (exact) mass is 1960 g/mol. The molecule has 45 heteroatoms. The molecule has 0 unspecified atom stereocenters. The van der Waals surface area contributed by atoms with Gasteiger partial charge in [-0.2, -0.15) is 0 Å². The third-order valence-corrected chi connectivity index (χ3v) is 25.9. The number of carboxylic acid groups (broad SMARTS) is 1. The standard InChI is InChI=1S/C95H133N23O21S/c1-11-13-23-73-88(132)106-64(36-52(3)4)85(129)112-71(83(127)103-45-78(98)122)50-140-51-80(123)104-67(38-55-27-29-58(119)30-28-55)91(135)113(8)54(7)82(126)108-69(42-77(97)121)93(137)117-35-19-26-74(117)89(133)111-70(44-102-79-46-99-33-34-100-79)87(131)109-66(37-53(5)6)94(138)118-48-59(120)41-76(118)90(134)107-65(39-56-43-101-62-22-17-15-20-60(56)62)86(130)105-63(31-32-96)84(128)110-68(92(136)115(10)75(24-14-12-2)95(139)114(73)9)40-57-47-116(49-81(124)125)72-25-18-16-21-61(57)72/h15-18,20-22,25,27-30,33-34,43,46-47,52-54,59,63-71,73-76,101,119-120H,11-14,19,23-24,26,31-32,35-42,44-45,48-51,96H2,1-10H3,(H2,97,121)(H2,98,122)(H,100,102)(H,103,127)(H,104,123)(H,105,130)(H,106,132)(H,107,134)(H,108,126)(H,109,131)(H,110,128)(H,111,133)(H,112,129)(H,124,125)/t54-,59+,63-,64-,65-,66-,67-,68-,69-,70-,71-,73-,74-,75-,76-/m0/s1. The van der Waals surface area contributed by atoms with Crippen LogP contribution in [-0.4, -0.2) is 322 Å². The van der Waals surface area contributed by atoms with E-state index in [4.69, 9.17) is 17.2 Å². The normalized spacial score (nSPS) is 24.3. The maximum atomic E-state index is 16.0. The Balaban J connectivity index is 1.12. The second-order valence-corrected chi connectivity index (χ2v) is 37.6. The van der Waals surface area contributed by atoms with Crippen molar-refractivity contribution in [1.82, 2.24) is 97.2 Å². The van der Waals surface area contributed by atoms with Crippen LogP contribution in [0, 0.1) is 11.8 Å². The average Bonchev–Trinajstić information content (AvgIpc) is 1.53. The fourth-order valence-corrected chi connectivity index (χ4v) is 18.2. The second-order valence-electron chi connectivity index (χ2n) is 36.5. The third kappa shape index (κ3) is 30.6. The first-order chi connectivity index (χ1) is 66.6. The molecule has 3 aromatic carbocycles. The lowest BCUT2D eigenvalue weighted by atomic mass is 9.99. The Bertz CT molecular complexity index is 5410. The molecule has 3 fully saturated rings. The molecule has 44 nitrogen and oxygen atoms in total. The van der Waals surface area contributed by atoms with Crippen LogP contribution in [0.2, 0.25) is 0 Å². The van der Waals surface area contributed by atoms with Gasteiger partial charge in [0, 0.05) is 119 Å². The second kappa shape index (κ2) is 52.2. The fraction of sp³-hybridized carbons (Fsp3) is 0.537. The summed E-state index contributed by atoms with van der Waals surface area (Å²) in [5.41, 5.74) is 19.8. The molecule has 140 heavy (non-hydrogen) atoms. The van der Waals surface area contributed by atoms with E-state index >= 15 is 38.4 Å². The average molecular weight is 1970 g/mol. The van der Waals surface area contributed by atoms with Crippen molar-refractivity contribution < 1.29 is 102 Å². The van der Waals surface area contributed by atoms with Gasteiger partial charge in [0.05, 0.1) is 31.0 Å². The number of likely N-dealkylation sites (N-methyl/N-ethyl adjacent to an activating group) is 3. The summed E-state index contributed by atoms with van der Waals surface area (Å²) >= 11 is 0.783. The number of nitrogens with two attached hydrogens (primary N) is 3. The number of carbonyl (C=O) groups is 18. The summed E-state index contributed by atoms with van der Waals surface area (Å²) in [7, 11) is 3.92. The first kappa shape index (κ1) is 110. The van der Waals surface area contributed by atoms with E-state index in [0.29, 0.717) is 64.2 Å². The predicted octanol–water partition coefficient (Wildman–Crippen LogP) is -1.30. The number of nitrogens with zero attached hydrogens (tertiary/aromatic N) is 8. The molecule has 17 amide bonds. The van der Waals surface area contributed by atoms with Gasteiger partial charge in [0.15, 0.2) is 0 Å². The summed E-state index contributed by atoms with van der Waals surface area (Å²) in [5, 5.41) is 62.9. The fourth-order valence-electron chi connectivity index (χ4n) is 17.4. The summed E-state index contributed by atoms with van der Waals surface area (Å²) < 4.78 is 1.44. The molecule has 0 aliphatic carbocycles. The number of amides is 17.